The zero-order valence-corrected chi connectivity index (χ0v) is 13.6. The maximum atomic E-state index is 11.9. The van der Waals surface area contributed by atoms with Gasteiger partial charge in [-0.3, -0.25) is 4.79 Å². The zero-order chi connectivity index (χ0) is 17.2. The van der Waals surface area contributed by atoms with Crippen LogP contribution in [0.4, 0.5) is 5.69 Å². The molecule has 4 rings (SSSR count). The van der Waals surface area contributed by atoms with Crippen LogP contribution in [0.1, 0.15) is 29.4 Å². The summed E-state index contributed by atoms with van der Waals surface area (Å²) < 4.78 is 5.41. The summed E-state index contributed by atoms with van der Waals surface area (Å²) in [5.41, 5.74) is 9.52. The Bertz CT molecular complexity index is 902. The van der Waals surface area contributed by atoms with Crippen molar-refractivity contribution in [3.05, 3.63) is 65.5 Å². The van der Waals surface area contributed by atoms with Crippen molar-refractivity contribution >= 4 is 11.6 Å². The summed E-state index contributed by atoms with van der Waals surface area (Å²) in [6, 6.07) is 15.6. The van der Waals surface area contributed by atoms with Crippen molar-refractivity contribution in [3.8, 4) is 11.4 Å². The molecule has 2 heterocycles. The highest BCUT2D eigenvalue weighted by atomic mass is 16.5. The lowest BCUT2D eigenvalue weighted by Crippen LogP contribution is -2.23. The van der Waals surface area contributed by atoms with Gasteiger partial charge in [-0.1, -0.05) is 47.6 Å². The van der Waals surface area contributed by atoms with Gasteiger partial charge in [-0.05, 0) is 17.2 Å². The summed E-state index contributed by atoms with van der Waals surface area (Å²) in [5, 5.41) is 6.97. The molecule has 6 heteroatoms. The molecule has 1 atom stereocenters. The number of anilines is 1. The molecular weight excluding hydrogens is 316 g/mol. The average Bonchev–Trinajstić information content (AvgIpc) is 3.10. The van der Waals surface area contributed by atoms with Crippen LogP contribution in [0, 0.1) is 0 Å². The highest BCUT2D eigenvalue weighted by Gasteiger charge is 2.26. The predicted molar refractivity (Wildman–Crippen MR) is 93.8 cm³/mol. The Labute approximate surface area is 145 Å². The molecule has 0 saturated heterocycles. The fourth-order valence-corrected chi connectivity index (χ4v) is 3.14. The number of benzene rings is 2. The second-order valence-electron chi connectivity index (χ2n) is 6.15. The Morgan fingerprint density at radius 2 is 1.96 bits per heavy atom. The summed E-state index contributed by atoms with van der Waals surface area (Å²) in [4.78, 5) is 16.4. The van der Waals surface area contributed by atoms with Crippen molar-refractivity contribution in [2.24, 2.45) is 5.73 Å². The third kappa shape index (κ3) is 3.16. The lowest BCUT2D eigenvalue weighted by atomic mass is 9.88. The van der Waals surface area contributed by atoms with E-state index in [4.69, 9.17) is 10.3 Å². The fraction of sp³-hybridized carbons (Fsp3) is 0.211. The number of para-hydroxylation sites is 1. The van der Waals surface area contributed by atoms with Crippen LogP contribution < -0.4 is 11.1 Å². The maximum Gasteiger partial charge on any atom is 0.227 e. The van der Waals surface area contributed by atoms with Crippen LogP contribution in [0.15, 0.2) is 53.1 Å². The van der Waals surface area contributed by atoms with Crippen molar-refractivity contribution < 1.29 is 9.32 Å². The number of nitrogens with one attached hydrogen (secondary N) is 1. The highest BCUT2D eigenvalue weighted by molar-refractivity contribution is 5.94. The first-order valence-corrected chi connectivity index (χ1v) is 8.23. The Morgan fingerprint density at radius 1 is 1.16 bits per heavy atom. The zero-order valence-electron chi connectivity index (χ0n) is 13.6. The smallest absolute Gasteiger partial charge is 0.227 e. The fourth-order valence-electron chi connectivity index (χ4n) is 3.14. The Hall–Kier alpha value is -2.99. The van der Waals surface area contributed by atoms with Crippen LogP contribution in [-0.4, -0.2) is 16.0 Å². The molecule has 0 bridgehead atoms. The van der Waals surface area contributed by atoms with Gasteiger partial charge in [0.2, 0.25) is 17.6 Å². The number of hydrogen-bond donors (Lipinski definition) is 2. The van der Waals surface area contributed by atoms with Crippen LogP contribution in [0.25, 0.3) is 11.4 Å². The number of aromatic nitrogens is 2. The highest BCUT2D eigenvalue weighted by Crippen LogP contribution is 2.34. The number of hydrogen-bond acceptors (Lipinski definition) is 5. The Balaban J connectivity index is 1.56. The van der Waals surface area contributed by atoms with E-state index < -0.39 is 0 Å². The molecule has 1 aliphatic heterocycles. The van der Waals surface area contributed by atoms with Gasteiger partial charge in [0.1, 0.15) is 0 Å². The SMILES string of the molecule is NCc1ccc(-c2noc(CC3CC(=O)Nc4ccccc43)n2)cc1. The minimum absolute atomic E-state index is 0.0146. The predicted octanol–water partition coefficient (Wildman–Crippen LogP) is 2.86. The molecule has 0 fully saturated rings. The molecule has 0 saturated carbocycles. The topological polar surface area (TPSA) is 94.0 Å². The van der Waals surface area contributed by atoms with Gasteiger partial charge in [-0.15, -0.1) is 0 Å². The van der Waals surface area contributed by atoms with E-state index in [1.807, 2.05) is 48.5 Å². The second-order valence-corrected chi connectivity index (χ2v) is 6.15. The van der Waals surface area contributed by atoms with Crippen molar-refractivity contribution in [1.29, 1.82) is 0 Å². The average molecular weight is 334 g/mol. The van der Waals surface area contributed by atoms with Gasteiger partial charge in [-0.25, -0.2) is 0 Å². The number of fused-ring (bicyclic) bond motifs is 1. The van der Waals surface area contributed by atoms with E-state index in [1.165, 1.54) is 0 Å². The van der Waals surface area contributed by atoms with E-state index >= 15 is 0 Å². The van der Waals surface area contributed by atoms with Crippen LogP contribution in [0.3, 0.4) is 0 Å². The second kappa shape index (κ2) is 6.49. The summed E-state index contributed by atoms with van der Waals surface area (Å²) in [7, 11) is 0. The van der Waals surface area contributed by atoms with Gasteiger partial charge in [0.15, 0.2) is 0 Å². The first-order valence-electron chi connectivity index (χ1n) is 8.23. The summed E-state index contributed by atoms with van der Waals surface area (Å²) in [6.45, 7) is 0.501. The van der Waals surface area contributed by atoms with Gasteiger partial charge in [0.05, 0.1) is 0 Å². The van der Waals surface area contributed by atoms with Gasteiger partial charge < -0.3 is 15.6 Å². The summed E-state index contributed by atoms with van der Waals surface area (Å²) in [5.74, 6) is 1.14. The molecule has 0 spiro atoms. The molecule has 1 unspecified atom stereocenters. The van der Waals surface area contributed by atoms with Gasteiger partial charge >= 0.3 is 0 Å². The molecule has 126 valence electrons. The first kappa shape index (κ1) is 15.5. The van der Waals surface area contributed by atoms with Crippen LogP contribution >= 0.6 is 0 Å². The van der Waals surface area contributed by atoms with E-state index in [-0.39, 0.29) is 11.8 Å². The minimum Gasteiger partial charge on any atom is -0.339 e. The Kier molecular flexibility index (Phi) is 4.03. The van der Waals surface area contributed by atoms with Crippen molar-refractivity contribution in [1.82, 2.24) is 10.1 Å². The molecular formula is C19H18N4O2. The lowest BCUT2D eigenvalue weighted by molar-refractivity contribution is -0.116. The Morgan fingerprint density at radius 3 is 2.76 bits per heavy atom. The van der Waals surface area contributed by atoms with E-state index in [0.29, 0.717) is 31.1 Å². The largest absolute Gasteiger partial charge is 0.339 e. The molecule has 3 aromatic rings. The van der Waals surface area contributed by atoms with E-state index in [2.05, 4.69) is 15.5 Å². The number of carbonyl (C=O) groups excluding carboxylic acids is 1. The maximum absolute atomic E-state index is 11.9. The van der Waals surface area contributed by atoms with Crippen molar-refractivity contribution in [3.63, 3.8) is 0 Å². The third-order valence-electron chi connectivity index (χ3n) is 4.44. The van der Waals surface area contributed by atoms with Crippen molar-refractivity contribution in [2.75, 3.05) is 5.32 Å². The normalized spacial score (nSPS) is 16.4. The van der Waals surface area contributed by atoms with E-state index in [0.717, 1.165) is 22.4 Å². The number of nitrogens with zero attached hydrogens (tertiary/aromatic N) is 2. The monoisotopic (exact) mass is 334 g/mol. The van der Waals surface area contributed by atoms with Gasteiger partial charge in [0.25, 0.3) is 0 Å². The van der Waals surface area contributed by atoms with Crippen LogP contribution in [0.2, 0.25) is 0 Å². The van der Waals surface area contributed by atoms with Gasteiger partial charge in [0, 0.05) is 36.6 Å². The first-order chi connectivity index (χ1) is 12.2. The van der Waals surface area contributed by atoms with E-state index in [1.54, 1.807) is 0 Å². The molecule has 25 heavy (non-hydrogen) atoms. The number of carbonyl (C=O) groups is 1. The van der Waals surface area contributed by atoms with Crippen LogP contribution in [-0.2, 0) is 17.8 Å². The number of nitrogens with two attached hydrogens (primary N) is 1. The molecule has 2 aromatic carbocycles. The van der Waals surface area contributed by atoms with Crippen molar-refractivity contribution in [2.45, 2.75) is 25.3 Å². The third-order valence-corrected chi connectivity index (χ3v) is 4.44. The summed E-state index contributed by atoms with van der Waals surface area (Å²) >= 11 is 0. The number of amides is 1. The molecule has 1 aromatic heterocycles. The molecule has 0 radical (unpaired) electrons. The summed E-state index contributed by atoms with van der Waals surface area (Å²) in [6.07, 6.45) is 0.957. The quantitative estimate of drug-likeness (QED) is 0.765. The molecule has 0 aliphatic carbocycles. The van der Waals surface area contributed by atoms with E-state index in [9.17, 15) is 4.79 Å². The van der Waals surface area contributed by atoms with Crippen LogP contribution in [0.5, 0.6) is 0 Å². The minimum atomic E-state index is 0.0146. The lowest BCUT2D eigenvalue weighted by Gasteiger charge is -2.24. The molecule has 6 nitrogen and oxygen atoms in total. The standard InChI is InChI=1S/C19H18N4O2/c20-11-12-5-7-13(8-6-12)19-22-18(25-23-19)10-14-9-17(24)21-16-4-2-1-3-15(14)16/h1-8,14H,9-11,20H2,(H,21,24). The van der Waals surface area contributed by atoms with Gasteiger partial charge in [-0.2, -0.15) is 4.98 Å². The molecule has 3 N–H and O–H groups in total. The molecule has 1 amide bonds. The molecule has 1 aliphatic rings. The number of rotatable bonds is 4.